The van der Waals surface area contributed by atoms with E-state index < -0.39 is 22.8 Å². The average Bonchev–Trinajstić information content (AvgIpc) is 2.85. The number of rotatable bonds is 7. The number of urea groups is 1. The van der Waals surface area contributed by atoms with Gasteiger partial charge in [0.05, 0.1) is 21.3 Å². The van der Waals surface area contributed by atoms with Gasteiger partial charge in [0.2, 0.25) is 0 Å². The second-order valence-electron chi connectivity index (χ2n) is 7.69. The molecule has 1 heterocycles. The molecule has 0 unspecified atom stereocenters. The van der Waals surface area contributed by atoms with Gasteiger partial charge in [-0.05, 0) is 70.1 Å². The van der Waals surface area contributed by atoms with Crippen LogP contribution in [0, 0.1) is 13.7 Å². The number of methoxy groups -OCH3 is 1. The Labute approximate surface area is 229 Å². The Hall–Kier alpha value is -3.97. The van der Waals surface area contributed by atoms with E-state index in [4.69, 9.17) is 21.1 Å². The molecule has 1 aliphatic rings. The number of carbonyl (C=O) groups is 3. The van der Waals surface area contributed by atoms with Crippen molar-refractivity contribution in [2.45, 2.75) is 6.61 Å². The van der Waals surface area contributed by atoms with Crippen molar-refractivity contribution in [2.75, 3.05) is 12.0 Å². The molecule has 3 aromatic carbocycles. The highest BCUT2D eigenvalue weighted by molar-refractivity contribution is 14.1. The lowest BCUT2D eigenvalue weighted by Crippen LogP contribution is -2.54. The number of benzene rings is 3. The van der Waals surface area contributed by atoms with Gasteiger partial charge in [-0.1, -0.05) is 29.8 Å². The van der Waals surface area contributed by atoms with Crippen molar-refractivity contribution in [3.05, 3.63) is 96.1 Å². The van der Waals surface area contributed by atoms with Gasteiger partial charge < -0.3 is 9.47 Å². The topological polar surface area (TPSA) is 128 Å². The van der Waals surface area contributed by atoms with E-state index in [2.05, 4.69) is 5.32 Å². The lowest BCUT2D eigenvalue weighted by molar-refractivity contribution is -0.384. The maximum Gasteiger partial charge on any atom is 0.335 e. The molecule has 0 saturated carbocycles. The number of barbiturate groups is 1. The molecular formula is C25H17ClIN3O7. The predicted octanol–water partition coefficient (Wildman–Crippen LogP) is 5.11. The fourth-order valence-electron chi connectivity index (χ4n) is 3.55. The van der Waals surface area contributed by atoms with Gasteiger partial charge in [-0.25, -0.2) is 9.69 Å². The molecule has 0 atom stereocenters. The van der Waals surface area contributed by atoms with Gasteiger partial charge in [0.15, 0.2) is 11.5 Å². The minimum absolute atomic E-state index is 0.0477. The molecule has 0 spiro atoms. The molecule has 1 N–H and O–H groups in total. The smallest absolute Gasteiger partial charge is 0.335 e. The van der Waals surface area contributed by atoms with Gasteiger partial charge in [0.25, 0.3) is 17.5 Å². The second kappa shape index (κ2) is 11.0. The number of nitrogens with one attached hydrogen (secondary N) is 1. The first-order chi connectivity index (χ1) is 17.7. The molecule has 0 aliphatic carbocycles. The number of hydrogen-bond donors (Lipinski definition) is 1. The molecule has 0 radical (unpaired) electrons. The summed E-state index contributed by atoms with van der Waals surface area (Å²) in [6.07, 6.45) is 1.34. The summed E-state index contributed by atoms with van der Waals surface area (Å²) < 4.78 is 11.9. The fourth-order valence-corrected chi connectivity index (χ4v) is 4.52. The van der Waals surface area contributed by atoms with E-state index in [-0.39, 0.29) is 23.6 Å². The van der Waals surface area contributed by atoms with Crippen LogP contribution >= 0.6 is 34.2 Å². The summed E-state index contributed by atoms with van der Waals surface area (Å²) in [5, 5.41) is 13.5. The molecular weight excluding hydrogens is 617 g/mol. The van der Waals surface area contributed by atoms with Crippen molar-refractivity contribution < 1.29 is 28.8 Å². The lowest BCUT2D eigenvalue weighted by Gasteiger charge is -2.26. The molecule has 37 heavy (non-hydrogen) atoms. The van der Waals surface area contributed by atoms with Crippen LogP contribution in [0.2, 0.25) is 5.02 Å². The highest BCUT2D eigenvalue weighted by Gasteiger charge is 2.37. The number of imide groups is 2. The molecule has 3 aromatic rings. The maximum absolute atomic E-state index is 13.1. The number of ether oxygens (including phenoxy) is 2. The third kappa shape index (κ3) is 5.73. The molecule has 12 heteroatoms. The number of nitro groups is 1. The van der Waals surface area contributed by atoms with Crippen LogP contribution in [-0.4, -0.2) is 29.9 Å². The Bertz CT molecular complexity index is 1470. The predicted molar refractivity (Wildman–Crippen MR) is 144 cm³/mol. The van der Waals surface area contributed by atoms with Crippen molar-refractivity contribution >= 4 is 69.5 Å². The minimum atomic E-state index is -0.883. The van der Waals surface area contributed by atoms with Gasteiger partial charge in [0.1, 0.15) is 12.2 Å². The normalized spacial score (nSPS) is 14.5. The number of carbonyl (C=O) groups excluding carboxylic acids is 3. The van der Waals surface area contributed by atoms with E-state index in [1.54, 1.807) is 36.4 Å². The molecule has 1 fully saturated rings. The van der Waals surface area contributed by atoms with E-state index in [1.807, 2.05) is 22.6 Å². The molecule has 188 valence electrons. The van der Waals surface area contributed by atoms with Crippen molar-refractivity contribution in [3.63, 3.8) is 0 Å². The number of hydrogen-bond acceptors (Lipinski definition) is 7. The highest BCUT2D eigenvalue weighted by Crippen LogP contribution is 2.36. The van der Waals surface area contributed by atoms with E-state index in [0.29, 0.717) is 31.2 Å². The lowest BCUT2D eigenvalue weighted by atomic mass is 10.1. The Morgan fingerprint density at radius 3 is 2.57 bits per heavy atom. The number of halogens is 2. The summed E-state index contributed by atoms with van der Waals surface area (Å²) >= 11 is 8.01. The Balaban J connectivity index is 1.63. The molecule has 1 aliphatic heterocycles. The minimum Gasteiger partial charge on any atom is -0.493 e. The number of amides is 4. The molecule has 4 amide bonds. The van der Waals surface area contributed by atoms with Crippen LogP contribution in [0.25, 0.3) is 6.08 Å². The SMILES string of the molecule is COc1cc(/C=C2\C(=O)NC(=O)N(c3cccc(Cl)c3)C2=O)cc(I)c1OCc1cccc([N+](=O)[O-])c1. The van der Waals surface area contributed by atoms with Crippen molar-refractivity contribution in [2.24, 2.45) is 0 Å². The van der Waals surface area contributed by atoms with Crippen LogP contribution in [0.15, 0.2) is 66.2 Å². The summed E-state index contributed by atoms with van der Waals surface area (Å²) in [5.41, 5.74) is 0.940. The van der Waals surface area contributed by atoms with E-state index in [9.17, 15) is 24.5 Å². The van der Waals surface area contributed by atoms with Crippen LogP contribution in [-0.2, 0) is 16.2 Å². The summed E-state index contributed by atoms with van der Waals surface area (Å²) in [7, 11) is 1.43. The highest BCUT2D eigenvalue weighted by atomic mass is 127. The van der Waals surface area contributed by atoms with Gasteiger partial charge in [-0.3, -0.25) is 25.0 Å². The summed E-state index contributed by atoms with van der Waals surface area (Å²) in [6.45, 7) is 0.0477. The second-order valence-corrected chi connectivity index (χ2v) is 9.29. The molecule has 4 rings (SSSR count). The maximum atomic E-state index is 13.1. The zero-order chi connectivity index (χ0) is 26.7. The van der Waals surface area contributed by atoms with Crippen molar-refractivity contribution in [1.82, 2.24) is 5.32 Å². The molecule has 10 nitrogen and oxygen atoms in total. The van der Waals surface area contributed by atoms with Gasteiger partial charge >= 0.3 is 6.03 Å². The first-order valence-corrected chi connectivity index (χ1v) is 12.0. The Kier molecular flexibility index (Phi) is 7.74. The van der Waals surface area contributed by atoms with Gasteiger partial charge in [-0.2, -0.15) is 0 Å². The van der Waals surface area contributed by atoms with Crippen LogP contribution in [0.5, 0.6) is 11.5 Å². The van der Waals surface area contributed by atoms with Crippen LogP contribution < -0.4 is 19.7 Å². The number of nitro benzene ring substituents is 1. The average molecular weight is 634 g/mol. The summed E-state index contributed by atoms with van der Waals surface area (Å²) in [5.74, 6) is -0.952. The van der Waals surface area contributed by atoms with Gasteiger partial charge in [-0.15, -0.1) is 0 Å². The van der Waals surface area contributed by atoms with E-state index in [0.717, 1.165) is 4.90 Å². The number of nitrogens with zero attached hydrogens (tertiary/aromatic N) is 2. The summed E-state index contributed by atoms with van der Waals surface area (Å²) in [4.78, 5) is 49.4. The first-order valence-electron chi connectivity index (χ1n) is 10.6. The largest absolute Gasteiger partial charge is 0.493 e. The molecule has 1 saturated heterocycles. The Morgan fingerprint density at radius 1 is 1.11 bits per heavy atom. The van der Waals surface area contributed by atoms with Crippen LogP contribution in [0.3, 0.4) is 0 Å². The van der Waals surface area contributed by atoms with Crippen LogP contribution in [0.1, 0.15) is 11.1 Å². The first kappa shape index (κ1) is 26.1. The number of anilines is 1. The Morgan fingerprint density at radius 2 is 1.86 bits per heavy atom. The van der Waals surface area contributed by atoms with Crippen molar-refractivity contribution in [3.8, 4) is 11.5 Å². The monoisotopic (exact) mass is 633 g/mol. The molecule has 0 aromatic heterocycles. The van der Waals surface area contributed by atoms with Gasteiger partial charge in [0, 0.05) is 17.2 Å². The van der Waals surface area contributed by atoms with Crippen LogP contribution in [0.4, 0.5) is 16.2 Å². The third-order valence-electron chi connectivity index (χ3n) is 5.24. The summed E-state index contributed by atoms with van der Waals surface area (Å²) in [6, 6.07) is 14.6. The number of non-ortho nitro benzene ring substituents is 1. The standard InChI is InChI=1S/C25H17ClIN3O7/c1-36-21-11-15(10-20(27)22(21)37-13-14-4-2-7-18(8-14)30(34)35)9-19-23(31)28-25(33)29(24(19)32)17-6-3-5-16(26)12-17/h2-12H,13H2,1H3,(H,28,31,33)/b19-9+. The quantitative estimate of drug-likeness (QED) is 0.126. The van der Waals surface area contributed by atoms with E-state index >= 15 is 0 Å². The van der Waals surface area contributed by atoms with Crippen molar-refractivity contribution in [1.29, 1.82) is 0 Å². The fraction of sp³-hybridized carbons (Fsp3) is 0.0800. The van der Waals surface area contributed by atoms with E-state index in [1.165, 1.54) is 37.5 Å². The zero-order valence-electron chi connectivity index (χ0n) is 19.1. The molecule has 0 bridgehead atoms. The third-order valence-corrected chi connectivity index (χ3v) is 6.27. The zero-order valence-corrected chi connectivity index (χ0v) is 22.0.